The van der Waals surface area contributed by atoms with E-state index >= 15 is 0 Å². The van der Waals surface area contributed by atoms with Gasteiger partial charge in [-0.05, 0) is 19.8 Å². The fraction of sp³-hybridized carbons (Fsp3) is 0.667. The van der Waals surface area contributed by atoms with Gasteiger partial charge >= 0.3 is 0 Å². The number of rotatable bonds is 4. The molecular formula is C12H19N3O2. The highest BCUT2D eigenvalue weighted by Gasteiger charge is 2.28. The average molecular weight is 237 g/mol. The van der Waals surface area contributed by atoms with Crippen LogP contribution in [-0.2, 0) is 0 Å². The number of aliphatic hydroxyl groups excluding tert-OH is 1. The second-order valence-electron chi connectivity index (χ2n) is 4.57. The largest absolute Gasteiger partial charge is 0.395 e. The van der Waals surface area contributed by atoms with Crippen molar-refractivity contribution < 1.29 is 9.90 Å². The summed E-state index contributed by atoms with van der Waals surface area (Å²) in [4.78, 5) is 14.2. The van der Waals surface area contributed by atoms with Crippen molar-refractivity contribution in [2.45, 2.75) is 38.6 Å². The predicted molar refractivity (Wildman–Crippen MR) is 63.7 cm³/mol. The molecule has 1 amide bonds. The van der Waals surface area contributed by atoms with Crippen LogP contribution in [0, 0.1) is 6.92 Å². The number of aryl methyl sites for hydroxylation is 1. The first kappa shape index (κ1) is 12.1. The summed E-state index contributed by atoms with van der Waals surface area (Å²) in [7, 11) is 0. The van der Waals surface area contributed by atoms with E-state index < -0.39 is 0 Å². The van der Waals surface area contributed by atoms with Crippen LogP contribution in [0.2, 0.25) is 0 Å². The minimum atomic E-state index is -0.0165. The molecule has 0 saturated heterocycles. The van der Waals surface area contributed by atoms with Gasteiger partial charge in [0.25, 0.3) is 5.91 Å². The lowest BCUT2D eigenvalue weighted by molar-refractivity contribution is 0.0637. The van der Waals surface area contributed by atoms with Gasteiger partial charge in [-0.3, -0.25) is 9.89 Å². The summed E-state index contributed by atoms with van der Waals surface area (Å²) in [6.07, 6.45) is 6.00. The minimum absolute atomic E-state index is 0.0130. The average Bonchev–Trinajstić information content (AvgIpc) is 2.95. The van der Waals surface area contributed by atoms with Crippen LogP contribution in [0.3, 0.4) is 0 Å². The standard InChI is InChI=1S/C12H19N3O2/c1-9-11(8-13-14-9)12(17)15(6-7-16)10-4-2-3-5-10/h8,10,16H,2-7H2,1H3,(H,13,14). The smallest absolute Gasteiger partial charge is 0.257 e. The molecule has 0 radical (unpaired) electrons. The van der Waals surface area contributed by atoms with Gasteiger partial charge in [-0.25, -0.2) is 0 Å². The molecule has 1 saturated carbocycles. The van der Waals surface area contributed by atoms with E-state index in [1.54, 1.807) is 11.1 Å². The number of nitrogens with one attached hydrogen (secondary N) is 1. The predicted octanol–water partition coefficient (Wildman–Crippen LogP) is 1.10. The Hall–Kier alpha value is -1.36. The van der Waals surface area contributed by atoms with Gasteiger partial charge in [-0.2, -0.15) is 5.10 Å². The molecule has 1 aliphatic carbocycles. The van der Waals surface area contributed by atoms with Crippen LogP contribution in [0.4, 0.5) is 0 Å². The van der Waals surface area contributed by atoms with Crippen molar-refractivity contribution >= 4 is 5.91 Å². The Morgan fingerprint density at radius 3 is 2.82 bits per heavy atom. The Morgan fingerprint density at radius 1 is 1.59 bits per heavy atom. The number of aliphatic hydroxyl groups is 1. The number of nitrogens with zero attached hydrogens (tertiary/aromatic N) is 2. The Kier molecular flexibility index (Phi) is 3.78. The molecule has 0 spiro atoms. The van der Waals surface area contributed by atoms with E-state index in [4.69, 9.17) is 5.11 Å². The Morgan fingerprint density at radius 2 is 2.29 bits per heavy atom. The van der Waals surface area contributed by atoms with Gasteiger partial charge in [0.2, 0.25) is 0 Å². The number of hydrogen-bond donors (Lipinski definition) is 2. The summed E-state index contributed by atoms with van der Waals surface area (Å²) in [6.45, 7) is 2.26. The maximum Gasteiger partial charge on any atom is 0.257 e. The van der Waals surface area contributed by atoms with Crippen LogP contribution in [0.5, 0.6) is 0 Å². The van der Waals surface area contributed by atoms with Crippen LogP contribution in [0.25, 0.3) is 0 Å². The number of H-pyrrole nitrogens is 1. The van der Waals surface area contributed by atoms with Crippen LogP contribution < -0.4 is 0 Å². The first-order chi connectivity index (χ1) is 8.24. The number of aromatic nitrogens is 2. The fourth-order valence-corrected chi connectivity index (χ4v) is 2.49. The van der Waals surface area contributed by atoms with Crippen LogP contribution >= 0.6 is 0 Å². The third kappa shape index (κ3) is 2.49. The van der Waals surface area contributed by atoms with Gasteiger partial charge in [0.1, 0.15) is 0 Å². The first-order valence-corrected chi connectivity index (χ1v) is 6.16. The van der Waals surface area contributed by atoms with Crippen molar-refractivity contribution in [3.05, 3.63) is 17.5 Å². The molecule has 1 aromatic heterocycles. The molecular weight excluding hydrogens is 218 g/mol. The second kappa shape index (κ2) is 5.31. The quantitative estimate of drug-likeness (QED) is 0.823. The van der Waals surface area contributed by atoms with E-state index in [1.807, 2.05) is 6.92 Å². The molecule has 0 atom stereocenters. The summed E-state index contributed by atoms with van der Waals surface area (Å²) < 4.78 is 0. The molecule has 5 heteroatoms. The first-order valence-electron chi connectivity index (χ1n) is 6.16. The van der Waals surface area contributed by atoms with E-state index in [2.05, 4.69) is 10.2 Å². The zero-order valence-electron chi connectivity index (χ0n) is 10.1. The maximum absolute atomic E-state index is 12.4. The molecule has 0 bridgehead atoms. The zero-order valence-corrected chi connectivity index (χ0v) is 10.1. The lowest BCUT2D eigenvalue weighted by Gasteiger charge is -2.28. The monoisotopic (exact) mass is 237 g/mol. The molecule has 1 fully saturated rings. The molecule has 1 heterocycles. The lowest BCUT2D eigenvalue weighted by Crippen LogP contribution is -2.40. The molecule has 0 aliphatic heterocycles. The van der Waals surface area contributed by atoms with Gasteiger partial charge < -0.3 is 10.0 Å². The van der Waals surface area contributed by atoms with Crippen molar-refractivity contribution in [2.24, 2.45) is 0 Å². The zero-order chi connectivity index (χ0) is 12.3. The SMILES string of the molecule is Cc1[nH]ncc1C(=O)N(CCO)C1CCCC1. The number of carbonyl (C=O) groups is 1. The Bertz CT molecular complexity index is 383. The normalized spacial score (nSPS) is 16.4. The molecule has 1 aliphatic rings. The van der Waals surface area contributed by atoms with Gasteiger partial charge in [0.05, 0.1) is 18.4 Å². The van der Waals surface area contributed by atoms with E-state index in [-0.39, 0.29) is 18.6 Å². The number of hydrogen-bond acceptors (Lipinski definition) is 3. The molecule has 17 heavy (non-hydrogen) atoms. The van der Waals surface area contributed by atoms with Crippen molar-refractivity contribution in [1.82, 2.24) is 15.1 Å². The van der Waals surface area contributed by atoms with E-state index in [9.17, 15) is 4.79 Å². The minimum Gasteiger partial charge on any atom is -0.395 e. The van der Waals surface area contributed by atoms with Crippen molar-refractivity contribution in [3.63, 3.8) is 0 Å². The third-order valence-electron chi connectivity index (χ3n) is 3.43. The number of carbonyl (C=O) groups excluding carboxylic acids is 1. The van der Waals surface area contributed by atoms with Crippen LogP contribution in [-0.4, -0.2) is 45.3 Å². The molecule has 2 rings (SSSR count). The van der Waals surface area contributed by atoms with Crippen molar-refractivity contribution in [3.8, 4) is 0 Å². The van der Waals surface area contributed by atoms with Gasteiger partial charge in [0.15, 0.2) is 0 Å². The Balaban J connectivity index is 2.15. The molecule has 94 valence electrons. The summed E-state index contributed by atoms with van der Waals surface area (Å²) in [5, 5.41) is 15.7. The lowest BCUT2D eigenvalue weighted by atomic mass is 10.1. The highest BCUT2D eigenvalue weighted by Crippen LogP contribution is 2.25. The van der Waals surface area contributed by atoms with Crippen molar-refractivity contribution in [1.29, 1.82) is 0 Å². The molecule has 2 N–H and O–H groups in total. The highest BCUT2D eigenvalue weighted by atomic mass is 16.3. The van der Waals surface area contributed by atoms with Crippen LogP contribution in [0.15, 0.2) is 6.20 Å². The van der Waals surface area contributed by atoms with Crippen molar-refractivity contribution in [2.75, 3.05) is 13.2 Å². The molecule has 1 aromatic rings. The Labute approximate surface area is 101 Å². The topological polar surface area (TPSA) is 69.2 Å². The molecule has 5 nitrogen and oxygen atoms in total. The second-order valence-corrected chi connectivity index (χ2v) is 4.57. The molecule has 0 aromatic carbocycles. The van der Waals surface area contributed by atoms with Crippen LogP contribution in [0.1, 0.15) is 41.7 Å². The van der Waals surface area contributed by atoms with E-state index in [0.717, 1.165) is 18.5 Å². The van der Waals surface area contributed by atoms with E-state index in [1.165, 1.54) is 12.8 Å². The summed E-state index contributed by atoms with van der Waals surface area (Å²) in [5.74, 6) is -0.0165. The fourth-order valence-electron chi connectivity index (χ4n) is 2.49. The summed E-state index contributed by atoms with van der Waals surface area (Å²) in [5.41, 5.74) is 1.40. The molecule has 0 unspecified atom stereocenters. The van der Waals surface area contributed by atoms with Gasteiger partial charge in [-0.15, -0.1) is 0 Å². The highest BCUT2D eigenvalue weighted by molar-refractivity contribution is 5.95. The summed E-state index contributed by atoms with van der Waals surface area (Å²) in [6, 6.07) is 0.281. The maximum atomic E-state index is 12.4. The summed E-state index contributed by atoms with van der Waals surface area (Å²) >= 11 is 0. The van der Waals surface area contributed by atoms with Gasteiger partial charge in [-0.1, -0.05) is 12.8 Å². The van der Waals surface area contributed by atoms with Gasteiger partial charge in [0, 0.05) is 18.3 Å². The van der Waals surface area contributed by atoms with E-state index in [0.29, 0.717) is 12.1 Å². The number of amides is 1. The number of aromatic amines is 1. The third-order valence-corrected chi connectivity index (χ3v) is 3.43.